The molecule has 1 heterocycles. The van der Waals surface area contributed by atoms with Crippen molar-refractivity contribution in [3.8, 4) is 5.69 Å². The molecule has 0 fully saturated rings. The number of aryl methyl sites for hydroxylation is 1. The van der Waals surface area contributed by atoms with E-state index in [-0.39, 0.29) is 0 Å². The van der Waals surface area contributed by atoms with Crippen molar-refractivity contribution in [2.24, 2.45) is 5.10 Å². The highest BCUT2D eigenvalue weighted by Crippen LogP contribution is 2.26. The number of hydrogen-bond acceptors (Lipinski definition) is 3. The number of para-hydroxylation sites is 1. The van der Waals surface area contributed by atoms with Gasteiger partial charge in [0.2, 0.25) is 0 Å². The molecule has 29 heavy (non-hydrogen) atoms. The number of nitrogens with one attached hydrogen (secondary N) is 2. The van der Waals surface area contributed by atoms with Crippen LogP contribution in [0.15, 0.2) is 59.7 Å². The Hall–Kier alpha value is -3.09. The van der Waals surface area contributed by atoms with Crippen molar-refractivity contribution in [3.05, 3.63) is 81.6 Å². The van der Waals surface area contributed by atoms with E-state index in [0.717, 1.165) is 22.6 Å². The number of hydrazone groups is 1. The lowest BCUT2D eigenvalue weighted by Gasteiger charge is -2.10. The van der Waals surface area contributed by atoms with Crippen LogP contribution in [0, 0.1) is 13.8 Å². The van der Waals surface area contributed by atoms with Crippen LogP contribution < -0.4 is 10.7 Å². The zero-order chi connectivity index (χ0) is 21.0. The average molecular weight is 429 g/mol. The Bertz CT molecular complexity index is 1070. The van der Waals surface area contributed by atoms with E-state index in [4.69, 9.17) is 23.2 Å². The molecule has 0 unspecified atom stereocenters. The van der Waals surface area contributed by atoms with Crippen LogP contribution in [0.4, 0.5) is 5.69 Å². The van der Waals surface area contributed by atoms with Crippen LogP contribution in [-0.2, 0) is 9.59 Å². The molecule has 0 saturated carbocycles. The van der Waals surface area contributed by atoms with E-state index < -0.39 is 11.8 Å². The van der Waals surface area contributed by atoms with Crippen molar-refractivity contribution in [2.45, 2.75) is 13.8 Å². The summed E-state index contributed by atoms with van der Waals surface area (Å²) in [6, 6.07) is 15.9. The van der Waals surface area contributed by atoms with Crippen LogP contribution in [0.5, 0.6) is 0 Å². The fraction of sp³-hybridized carbons (Fsp3) is 0.0952. The zero-order valence-electron chi connectivity index (χ0n) is 15.7. The van der Waals surface area contributed by atoms with Crippen LogP contribution in [0.1, 0.15) is 17.0 Å². The van der Waals surface area contributed by atoms with Gasteiger partial charge in [-0.25, -0.2) is 5.43 Å². The van der Waals surface area contributed by atoms with Gasteiger partial charge in [-0.15, -0.1) is 0 Å². The summed E-state index contributed by atoms with van der Waals surface area (Å²) < 4.78 is 1.98. The van der Waals surface area contributed by atoms with E-state index in [2.05, 4.69) is 15.8 Å². The summed E-state index contributed by atoms with van der Waals surface area (Å²) in [5.74, 6) is -1.66. The van der Waals surface area contributed by atoms with Gasteiger partial charge in [0.1, 0.15) is 0 Å². The van der Waals surface area contributed by atoms with Gasteiger partial charge in [0, 0.05) is 38.4 Å². The molecule has 0 bridgehead atoms. The number of aromatic nitrogens is 1. The predicted octanol–water partition coefficient (Wildman–Crippen LogP) is 4.49. The minimum atomic E-state index is -0.861. The van der Waals surface area contributed by atoms with E-state index in [9.17, 15) is 9.59 Å². The molecule has 0 atom stereocenters. The lowest BCUT2D eigenvalue weighted by molar-refractivity contribution is -0.136. The molecule has 2 aromatic carbocycles. The molecule has 0 saturated heterocycles. The molecule has 2 amide bonds. The van der Waals surface area contributed by atoms with Crippen molar-refractivity contribution in [3.63, 3.8) is 0 Å². The Kier molecular flexibility index (Phi) is 6.36. The molecule has 0 spiro atoms. The smallest absolute Gasteiger partial charge is 0.318 e. The highest BCUT2D eigenvalue weighted by Gasteiger charge is 2.14. The molecule has 0 aliphatic heterocycles. The summed E-state index contributed by atoms with van der Waals surface area (Å²) in [5.41, 5.74) is 6.19. The normalized spacial score (nSPS) is 10.9. The van der Waals surface area contributed by atoms with Crippen molar-refractivity contribution >= 4 is 46.9 Å². The third-order valence-electron chi connectivity index (χ3n) is 4.18. The van der Waals surface area contributed by atoms with Crippen LogP contribution in [-0.4, -0.2) is 22.6 Å². The molecule has 1 aromatic heterocycles. The number of benzene rings is 2. The Morgan fingerprint density at radius 3 is 2.28 bits per heavy atom. The van der Waals surface area contributed by atoms with Crippen LogP contribution in [0.3, 0.4) is 0 Å². The first-order valence-corrected chi connectivity index (χ1v) is 9.45. The monoisotopic (exact) mass is 428 g/mol. The molecule has 148 valence electrons. The zero-order valence-corrected chi connectivity index (χ0v) is 17.3. The topological polar surface area (TPSA) is 75.5 Å². The van der Waals surface area contributed by atoms with Gasteiger partial charge in [-0.1, -0.05) is 41.4 Å². The Balaban J connectivity index is 1.71. The molecule has 0 aliphatic rings. The minimum absolute atomic E-state index is 0.528. The molecule has 6 nitrogen and oxygen atoms in total. The van der Waals surface area contributed by atoms with E-state index in [1.54, 1.807) is 30.3 Å². The Morgan fingerprint density at radius 2 is 1.62 bits per heavy atom. The quantitative estimate of drug-likeness (QED) is 0.364. The SMILES string of the molecule is Cc1cc(/C=N\NC(=O)C(=O)Nc2ccccc2)c(C)n1-c1cc(Cl)cc(Cl)c1. The molecular weight excluding hydrogens is 411 g/mol. The number of carbonyl (C=O) groups is 2. The van der Waals surface area contributed by atoms with Crippen LogP contribution in [0.2, 0.25) is 10.0 Å². The van der Waals surface area contributed by atoms with Gasteiger partial charge in [0.05, 0.1) is 6.21 Å². The number of rotatable bonds is 4. The fourth-order valence-corrected chi connectivity index (χ4v) is 3.42. The van der Waals surface area contributed by atoms with Crippen molar-refractivity contribution in [1.29, 1.82) is 0 Å². The molecule has 0 aliphatic carbocycles. The number of anilines is 1. The van der Waals surface area contributed by atoms with Crippen LogP contribution in [0.25, 0.3) is 5.69 Å². The van der Waals surface area contributed by atoms with Crippen molar-refractivity contribution in [1.82, 2.24) is 9.99 Å². The number of hydrogen-bond donors (Lipinski definition) is 2. The predicted molar refractivity (Wildman–Crippen MR) is 116 cm³/mol. The van der Waals surface area contributed by atoms with Crippen molar-refractivity contribution in [2.75, 3.05) is 5.32 Å². The third kappa shape index (κ3) is 5.04. The summed E-state index contributed by atoms with van der Waals surface area (Å²) in [4.78, 5) is 23.8. The van der Waals surface area contributed by atoms with Crippen LogP contribution >= 0.6 is 23.2 Å². The van der Waals surface area contributed by atoms with Gasteiger partial charge in [-0.05, 0) is 50.2 Å². The maximum Gasteiger partial charge on any atom is 0.329 e. The number of carbonyl (C=O) groups excluding carboxylic acids is 2. The molecule has 2 N–H and O–H groups in total. The molecule has 0 radical (unpaired) electrons. The van der Waals surface area contributed by atoms with E-state index in [1.807, 2.05) is 42.7 Å². The average Bonchev–Trinajstić information content (AvgIpc) is 2.95. The van der Waals surface area contributed by atoms with Gasteiger partial charge >= 0.3 is 11.8 Å². The summed E-state index contributed by atoms with van der Waals surface area (Å²) in [6.07, 6.45) is 1.48. The maximum absolute atomic E-state index is 11.9. The molecule has 3 aromatic rings. The van der Waals surface area contributed by atoms with Gasteiger partial charge in [0.25, 0.3) is 0 Å². The lowest BCUT2D eigenvalue weighted by atomic mass is 10.2. The Morgan fingerprint density at radius 1 is 0.966 bits per heavy atom. The van der Waals surface area contributed by atoms with E-state index in [0.29, 0.717) is 15.7 Å². The Labute approximate surface area is 178 Å². The summed E-state index contributed by atoms with van der Waals surface area (Å²) in [5, 5.41) is 7.46. The lowest BCUT2D eigenvalue weighted by Crippen LogP contribution is -2.32. The van der Waals surface area contributed by atoms with Gasteiger partial charge in [-0.3, -0.25) is 9.59 Å². The fourth-order valence-electron chi connectivity index (χ4n) is 2.90. The minimum Gasteiger partial charge on any atom is -0.318 e. The second-order valence-electron chi connectivity index (χ2n) is 6.31. The molecule has 8 heteroatoms. The summed E-state index contributed by atoms with van der Waals surface area (Å²) in [7, 11) is 0. The first-order chi connectivity index (χ1) is 13.8. The van der Waals surface area contributed by atoms with Crippen molar-refractivity contribution < 1.29 is 9.59 Å². The van der Waals surface area contributed by atoms with E-state index in [1.165, 1.54) is 6.21 Å². The third-order valence-corrected chi connectivity index (χ3v) is 4.62. The summed E-state index contributed by atoms with van der Waals surface area (Å²) >= 11 is 12.2. The highest BCUT2D eigenvalue weighted by molar-refractivity contribution is 6.39. The largest absolute Gasteiger partial charge is 0.329 e. The second-order valence-corrected chi connectivity index (χ2v) is 7.18. The number of amides is 2. The number of halogens is 2. The van der Waals surface area contributed by atoms with Gasteiger partial charge in [0.15, 0.2) is 0 Å². The number of nitrogens with zero attached hydrogens (tertiary/aromatic N) is 2. The van der Waals surface area contributed by atoms with E-state index >= 15 is 0 Å². The maximum atomic E-state index is 11.9. The summed E-state index contributed by atoms with van der Waals surface area (Å²) in [6.45, 7) is 3.85. The molecule has 3 rings (SSSR count). The standard InChI is InChI=1S/C21H18Cl2N4O2/c1-13-8-15(14(2)27(13)19-10-16(22)9-17(23)11-19)12-24-26-21(29)20(28)25-18-6-4-3-5-7-18/h3-12H,1-2H3,(H,25,28)(H,26,29)/b24-12-. The first kappa shape index (κ1) is 20.6. The molecular formula is C21H18Cl2N4O2. The van der Waals surface area contributed by atoms with Gasteiger partial charge < -0.3 is 9.88 Å². The second kappa shape index (κ2) is 8.94. The highest BCUT2D eigenvalue weighted by atomic mass is 35.5. The van der Waals surface area contributed by atoms with Gasteiger partial charge in [-0.2, -0.15) is 5.10 Å². The first-order valence-electron chi connectivity index (χ1n) is 8.70.